The van der Waals surface area contributed by atoms with Gasteiger partial charge in [0.25, 0.3) is 0 Å². The number of hydrogen-bond acceptors (Lipinski definition) is 3. The van der Waals surface area contributed by atoms with E-state index in [-0.39, 0.29) is 16.8 Å². The lowest BCUT2D eigenvalue weighted by Gasteiger charge is -2.20. The van der Waals surface area contributed by atoms with Gasteiger partial charge in [-0.1, -0.05) is 6.07 Å². The Balaban J connectivity index is 1.79. The summed E-state index contributed by atoms with van der Waals surface area (Å²) in [5.41, 5.74) is -0.0736. The summed E-state index contributed by atoms with van der Waals surface area (Å²) in [7, 11) is 1.74. The zero-order chi connectivity index (χ0) is 19.2. The van der Waals surface area contributed by atoms with E-state index in [1.807, 2.05) is 0 Å². The van der Waals surface area contributed by atoms with Crippen molar-refractivity contribution in [2.24, 2.45) is 7.05 Å². The summed E-state index contributed by atoms with van der Waals surface area (Å²) in [4.78, 5) is 0. The van der Waals surface area contributed by atoms with E-state index < -0.39 is 23.6 Å². The van der Waals surface area contributed by atoms with Crippen LogP contribution in [-0.2, 0) is 13.2 Å². The van der Waals surface area contributed by atoms with Gasteiger partial charge in [0.1, 0.15) is 5.82 Å². The van der Waals surface area contributed by atoms with E-state index in [4.69, 9.17) is 0 Å². The number of benzene rings is 1. The van der Waals surface area contributed by atoms with Gasteiger partial charge in [0.2, 0.25) is 0 Å². The third-order valence-corrected chi connectivity index (χ3v) is 4.76. The predicted octanol–water partition coefficient (Wildman–Crippen LogP) is 4.06. The van der Waals surface area contributed by atoms with Crippen molar-refractivity contribution in [3.05, 3.63) is 47.5 Å². The molecule has 1 aliphatic heterocycles. The molecule has 1 unspecified atom stereocenters. The lowest BCUT2D eigenvalue weighted by Crippen LogP contribution is -2.20. The minimum atomic E-state index is -4.79. The van der Waals surface area contributed by atoms with Crippen LogP contribution in [0.25, 0.3) is 22.5 Å². The fraction of sp³-hybridized carbons (Fsp3) is 0.333. The van der Waals surface area contributed by atoms with Crippen molar-refractivity contribution in [3.8, 4) is 22.5 Å². The zero-order valence-electron chi connectivity index (χ0n) is 14.4. The Morgan fingerprint density at radius 3 is 2.70 bits per heavy atom. The second-order valence-electron chi connectivity index (χ2n) is 6.61. The molecule has 1 saturated heterocycles. The lowest BCUT2D eigenvalue weighted by molar-refractivity contribution is -0.140. The summed E-state index contributed by atoms with van der Waals surface area (Å²) in [5.74, 6) is -1.28. The molecule has 4 rings (SSSR count). The summed E-state index contributed by atoms with van der Waals surface area (Å²) < 4.78 is 57.4. The SMILES string of the molecule is Cn1cc(-c2cc(-c3ccc(C4CCCN4)c(C(F)(F)F)c3F)[nH]n2)cn1. The average Bonchev–Trinajstić information content (AvgIpc) is 3.34. The van der Waals surface area contributed by atoms with Crippen LogP contribution < -0.4 is 5.32 Å². The van der Waals surface area contributed by atoms with Crippen molar-refractivity contribution in [2.45, 2.75) is 25.1 Å². The van der Waals surface area contributed by atoms with Gasteiger partial charge in [-0.15, -0.1) is 0 Å². The molecule has 3 heterocycles. The highest BCUT2D eigenvalue weighted by Gasteiger charge is 2.40. The number of alkyl halides is 3. The fourth-order valence-electron chi connectivity index (χ4n) is 3.49. The van der Waals surface area contributed by atoms with E-state index in [0.29, 0.717) is 24.2 Å². The van der Waals surface area contributed by atoms with Crippen LogP contribution in [0.3, 0.4) is 0 Å². The van der Waals surface area contributed by atoms with E-state index in [0.717, 1.165) is 6.42 Å². The van der Waals surface area contributed by atoms with Crippen LogP contribution in [0.2, 0.25) is 0 Å². The standard InChI is InChI=1S/C18H17F4N5/c1-27-9-10(8-24-27)14-7-15(26-25-14)12-5-4-11(13-3-2-6-23-13)16(17(12)19)18(20,21)22/h4-5,7-9,13,23H,2-3,6H2,1H3,(H,25,26). The van der Waals surface area contributed by atoms with E-state index in [9.17, 15) is 17.6 Å². The van der Waals surface area contributed by atoms with Crippen LogP contribution in [-0.4, -0.2) is 26.5 Å². The topological polar surface area (TPSA) is 58.5 Å². The molecule has 1 aliphatic rings. The quantitative estimate of drug-likeness (QED) is 0.675. The summed E-state index contributed by atoms with van der Waals surface area (Å²) in [5, 5.41) is 13.7. The van der Waals surface area contributed by atoms with E-state index in [1.54, 1.807) is 24.1 Å². The molecule has 0 bridgehead atoms. The maximum Gasteiger partial charge on any atom is 0.419 e. The third-order valence-electron chi connectivity index (χ3n) is 4.76. The number of halogens is 4. The monoisotopic (exact) mass is 379 g/mol. The summed E-state index contributed by atoms with van der Waals surface area (Å²) in [6.45, 7) is 0.625. The van der Waals surface area contributed by atoms with Crippen LogP contribution in [0.4, 0.5) is 17.6 Å². The minimum Gasteiger partial charge on any atom is -0.310 e. The van der Waals surface area contributed by atoms with Gasteiger partial charge in [0.15, 0.2) is 0 Å². The van der Waals surface area contributed by atoms with Gasteiger partial charge < -0.3 is 5.32 Å². The van der Waals surface area contributed by atoms with Gasteiger partial charge in [-0.05, 0) is 37.1 Å². The maximum absolute atomic E-state index is 15.0. The molecule has 1 aromatic carbocycles. The van der Waals surface area contributed by atoms with Crippen molar-refractivity contribution in [1.82, 2.24) is 25.3 Å². The number of hydrogen-bond donors (Lipinski definition) is 2. The molecule has 5 nitrogen and oxygen atoms in total. The molecular weight excluding hydrogens is 362 g/mol. The lowest BCUT2D eigenvalue weighted by atomic mass is 9.94. The molecule has 0 aliphatic carbocycles. The first-order chi connectivity index (χ1) is 12.8. The first-order valence-electron chi connectivity index (χ1n) is 8.52. The second-order valence-corrected chi connectivity index (χ2v) is 6.61. The summed E-state index contributed by atoms with van der Waals surface area (Å²) in [6, 6.07) is 3.76. The van der Waals surface area contributed by atoms with Gasteiger partial charge in [-0.25, -0.2) is 4.39 Å². The van der Waals surface area contributed by atoms with E-state index in [2.05, 4.69) is 20.6 Å². The number of aromatic amines is 1. The molecule has 2 aromatic heterocycles. The number of rotatable bonds is 3. The van der Waals surface area contributed by atoms with Gasteiger partial charge in [-0.2, -0.15) is 23.4 Å². The highest BCUT2D eigenvalue weighted by atomic mass is 19.4. The first-order valence-corrected chi connectivity index (χ1v) is 8.52. The number of nitrogens with zero attached hydrogens (tertiary/aromatic N) is 3. The predicted molar refractivity (Wildman–Crippen MR) is 91.2 cm³/mol. The summed E-state index contributed by atoms with van der Waals surface area (Å²) >= 11 is 0. The number of H-pyrrole nitrogens is 1. The molecule has 0 amide bonds. The van der Waals surface area contributed by atoms with Crippen molar-refractivity contribution in [3.63, 3.8) is 0 Å². The second kappa shape index (κ2) is 6.49. The van der Waals surface area contributed by atoms with Crippen LogP contribution in [0.15, 0.2) is 30.6 Å². The highest BCUT2D eigenvalue weighted by Crippen LogP contribution is 2.41. The zero-order valence-corrected chi connectivity index (χ0v) is 14.4. The Hall–Kier alpha value is -2.68. The van der Waals surface area contributed by atoms with Crippen LogP contribution in [0, 0.1) is 5.82 Å². The molecule has 1 fully saturated rings. The minimum absolute atomic E-state index is 0.0479. The third kappa shape index (κ3) is 3.23. The Morgan fingerprint density at radius 2 is 2.07 bits per heavy atom. The Kier molecular flexibility index (Phi) is 4.26. The Bertz CT molecular complexity index is 967. The molecule has 2 N–H and O–H groups in total. The molecule has 9 heteroatoms. The average molecular weight is 379 g/mol. The molecule has 142 valence electrons. The number of aryl methyl sites for hydroxylation is 1. The van der Waals surface area contributed by atoms with Crippen LogP contribution in [0.5, 0.6) is 0 Å². The molecule has 0 saturated carbocycles. The fourth-order valence-corrected chi connectivity index (χ4v) is 3.49. The molecular formula is C18H17F4N5. The highest BCUT2D eigenvalue weighted by molar-refractivity contribution is 5.69. The van der Waals surface area contributed by atoms with E-state index in [1.165, 1.54) is 18.2 Å². The van der Waals surface area contributed by atoms with Gasteiger partial charge in [0.05, 0.1) is 23.1 Å². The normalized spacial score (nSPS) is 17.6. The first kappa shape index (κ1) is 17.7. The van der Waals surface area contributed by atoms with E-state index >= 15 is 0 Å². The molecule has 3 aromatic rings. The molecule has 0 spiro atoms. The summed E-state index contributed by atoms with van der Waals surface area (Å²) in [6.07, 6.45) is -0.179. The van der Waals surface area contributed by atoms with Gasteiger partial charge in [-0.3, -0.25) is 9.78 Å². The Morgan fingerprint density at radius 1 is 1.26 bits per heavy atom. The van der Waals surface area contributed by atoms with Crippen molar-refractivity contribution >= 4 is 0 Å². The van der Waals surface area contributed by atoms with Crippen LogP contribution in [0.1, 0.15) is 30.0 Å². The smallest absolute Gasteiger partial charge is 0.310 e. The molecule has 27 heavy (non-hydrogen) atoms. The molecule has 1 atom stereocenters. The Labute approximate surface area is 152 Å². The molecule has 0 radical (unpaired) electrons. The van der Waals surface area contributed by atoms with Gasteiger partial charge in [0, 0.05) is 30.4 Å². The van der Waals surface area contributed by atoms with Crippen molar-refractivity contribution < 1.29 is 17.6 Å². The number of nitrogens with one attached hydrogen (secondary N) is 2. The largest absolute Gasteiger partial charge is 0.419 e. The van der Waals surface area contributed by atoms with Crippen molar-refractivity contribution in [1.29, 1.82) is 0 Å². The van der Waals surface area contributed by atoms with Crippen LogP contribution >= 0.6 is 0 Å². The maximum atomic E-state index is 15.0. The number of aromatic nitrogens is 4. The van der Waals surface area contributed by atoms with Crippen molar-refractivity contribution in [2.75, 3.05) is 6.54 Å². The van der Waals surface area contributed by atoms with Gasteiger partial charge >= 0.3 is 6.18 Å².